The Morgan fingerprint density at radius 3 is 2.25 bits per heavy atom. The second-order valence-corrected chi connectivity index (χ2v) is 7.04. The standard InChI is InChI=1S/C20H20Cl2N2O4/c1-12-3-5-16(13(2)9-12)23-19(26)11-28-20(27)8-7-18(25)24-17-6-4-14(21)10-15(17)22/h3-6,9-10H,7-8,11H2,1-2H3,(H,23,26)(H,24,25). The second-order valence-electron chi connectivity index (χ2n) is 6.20. The van der Waals surface area contributed by atoms with Crippen molar-refractivity contribution in [3.05, 3.63) is 57.6 Å². The summed E-state index contributed by atoms with van der Waals surface area (Å²) in [6.45, 7) is 3.41. The van der Waals surface area contributed by atoms with E-state index in [0.717, 1.165) is 11.1 Å². The zero-order chi connectivity index (χ0) is 20.7. The first-order chi connectivity index (χ1) is 13.2. The van der Waals surface area contributed by atoms with Crippen molar-refractivity contribution in [1.82, 2.24) is 0 Å². The normalized spacial score (nSPS) is 10.3. The van der Waals surface area contributed by atoms with E-state index < -0.39 is 24.4 Å². The van der Waals surface area contributed by atoms with E-state index in [-0.39, 0.29) is 12.8 Å². The number of anilines is 2. The maximum Gasteiger partial charge on any atom is 0.306 e. The fourth-order valence-electron chi connectivity index (χ4n) is 2.38. The molecule has 0 saturated heterocycles. The Bertz CT molecular complexity index is 828. The molecule has 2 rings (SSSR count). The number of rotatable bonds is 7. The Balaban J connectivity index is 1.73. The van der Waals surface area contributed by atoms with Crippen molar-refractivity contribution in [3.8, 4) is 0 Å². The smallest absolute Gasteiger partial charge is 0.306 e. The number of ether oxygens (including phenoxy) is 1. The van der Waals surface area contributed by atoms with Crippen LogP contribution >= 0.6 is 23.2 Å². The van der Waals surface area contributed by atoms with E-state index in [9.17, 15) is 14.4 Å². The molecular weight excluding hydrogens is 403 g/mol. The van der Waals surface area contributed by atoms with Crippen LogP contribution in [-0.2, 0) is 19.1 Å². The molecule has 0 radical (unpaired) electrons. The molecule has 148 valence electrons. The van der Waals surface area contributed by atoms with Gasteiger partial charge in [0.25, 0.3) is 5.91 Å². The molecule has 0 bridgehead atoms. The van der Waals surface area contributed by atoms with Crippen LogP contribution in [0.4, 0.5) is 11.4 Å². The summed E-state index contributed by atoms with van der Waals surface area (Å²) in [6.07, 6.45) is -0.260. The number of nitrogens with one attached hydrogen (secondary N) is 2. The van der Waals surface area contributed by atoms with Gasteiger partial charge in [-0.25, -0.2) is 0 Å². The molecule has 0 aliphatic rings. The van der Waals surface area contributed by atoms with Crippen LogP contribution in [0.2, 0.25) is 10.0 Å². The maximum absolute atomic E-state index is 11.9. The first kappa shape index (κ1) is 21.7. The Labute approximate surface area is 173 Å². The summed E-state index contributed by atoms with van der Waals surface area (Å²) in [7, 11) is 0. The molecule has 0 atom stereocenters. The molecule has 0 heterocycles. The summed E-state index contributed by atoms with van der Waals surface area (Å²) in [5.41, 5.74) is 3.06. The molecule has 0 aliphatic carbocycles. The van der Waals surface area contributed by atoms with Crippen molar-refractivity contribution in [1.29, 1.82) is 0 Å². The van der Waals surface area contributed by atoms with Crippen LogP contribution in [0.25, 0.3) is 0 Å². The molecule has 2 aromatic rings. The topological polar surface area (TPSA) is 84.5 Å². The van der Waals surface area contributed by atoms with Gasteiger partial charge in [0.2, 0.25) is 5.91 Å². The third-order valence-electron chi connectivity index (χ3n) is 3.78. The summed E-state index contributed by atoms with van der Waals surface area (Å²) in [6, 6.07) is 10.3. The van der Waals surface area contributed by atoms with Gasteiger partial charge in [-0.2, -0.15) is 0 Å². The van der Waals surface area contributed by atoms with Crippen molar-refractivity contribution >= 4 is 52.4 Å². The van der Waals surface area contributed by atoms with Crippen LogP contribution in [0.3, 0.4) is 0 Å². The van der Waals surface area contributed by atoms with Crippen molar-refractivity contribution in [3.63, 3.8) is 0 Å². The van der Waals surface area contributed by atoms with Crippen molar-refractivity contribution in [2.75, 3.05) is 17.2 Å². The maximum atomic E-state index is 11.9. The van der Waals surface area contributed by atoms with E-state index in [1.54, 1.807) is 18.2 Å². The Hall–Kier alpha value is -2.57. The quantitative estimate of drug-likeness (QED) is 0.642. The average molecular weight is 423 g/mol. The number of carbonyl (C=O) groups is 3. The predicted molar refractivity (Wildman–Crippen MR) is 110 cm³/mol. The van der Waals surface area contributed by atoms with Gasteiger partial charge in [-0.05, 0) is 43.7 Å². The molecule has 0 saturated carbocycles. The van der Waals surface area contributed by atoms with Gasteiger partial charge in [-0.15, -0.1) is 0 Å². The van der Waals surface area contributed by atoms with Crippen LogP contribution in [0.5, 0.6) is 0 Å². The van der Waals surface area contributed by atoms with Crippen molar-refractivity contribution < 1.29 is 19.1 Å². The van der Waals surface area contributed by atoms with Crippen LogP contribution in [0, 0.1) is 13.8 Å². The summed E-state index contributed by atoms with van der Waals surface area (Å²) < 4.78 is 4.91. The monoisotopic (exact) mass is 422 g/mol. The highest BCUT2D eigenvalue weighted by Crippen LogP contribution is 2.25. The van der Waals surface area contributed by atoms with Crippen molar-refractivity contribution in [2.45, 2.75) is 26.7 Å². The van der Waals surface area contributed by atoms with Crippen LogP contribution in [-0.4, -0.2) is 24.4 Å². The summed E-state index contributed by atoms with van der Waals surface area (Å²) in [5, 5.41) is 6.01. The lowest BCUT2D eigenvalue weighted by atomic mass is 10.1. The van der Waals surface area contributed by atoms with E-state index in [1.165, 1.54) is 6.07 Å². The minimum absolute atomic E-state index is 0.101. The fraction of sp³-hybridized carbons (Fsp3) is 0.250. The van der Waals surface area contributed by atoms with E-state index in [2.05, 4.69) is 10.6 Å². The van der Waals surface area contributed by atoms with Crippen LogP contribution in [0.15, 0.2) is 36.4 Å². The Morgan fingerprint density at radius 2 is 1.57 bits per heavy atom. The largest absolute Gasteiger partial charge is 0.456 e. The molecule has 0 fully saturated rings. The summed E-state index contributed by atoms with van der Waals surface area (Å²) in [4.78, 5) is 35.6. The lowest BCUT2D eigenvalue weighted by molar-refractivity contribution is -0.147. The van der Waals surface area contributed by atoms with Gasteiger partial charge >= 0.3 is 5.97 Å². The number of esters is 1. The molecule has 0 unspecified atom stereocenters. The molecular formula is C20H20Cl2N2O4. The third kappa shape index (κ3) is 6.87. The summed E-state index contributed by atoms with van der Waals surface area (Å²) in [5.74, 6) is -1.49. The second kappa shape index (κ2) is 10.1. The SMILES string of the molecule is Cc1ccc(NC(=O)COC(=O)CCC(=O)Nc2ccc(Cl)cc2Cl)c(C)c1. The molecule has 2 aromatic carbocycles. The number of hydrogen-bond acceptors (Lipinski definition) is 4. The lowest BCUT2D eigenvalue weighted by Gasteiger charge is -2.10. The highest BCUT2D eigenvalue weighted by Gasteiger charge is 2.12. The van der Waals surface area contributed by atoms with Gasteiger partial charge in [0.1, 0.15) is 0 Å². The summed E-state index contributed by atoms with van der Waals surface area (Å²) >= 11 is 11.8. The fourth-order valence-corrected chi connectivity index (χ4v) is 2.83. The van der Waals surface area contributed by atoms with Gasteiger partial charge in [-0.1, -0.05) is 40.9 Å². The van der Waals surface area contributed by atoms with E-state index in [0.29, 0.717) is 21.4 Å². The molecule has 8 heteroatoms. The number of amides is 2. The third-order valence-corrected chi connectivity index (χ3v) is 4.33. The number of carbonyl (C=O) groups excluding carboxylic acids is 3. The number of halogens is 2. The first-order valence-corrected chi connectivity index (χ1v) is 9.28. The molecule has 6 nitrogen and oxygen atoms in total. The minimum Gasteiger partial charge on any atom is -0.456 e. The zero-order valence-electron chi connectivity index (χ0n) is 15.5. The van der Waals surface area contributed by atoms with Gasteiger partial charge in [0.15, 0.2) is 6.61 Å². The minimum atomic E-state index is -0.645. The Morgan fingerprint density at radius 1 is 0.893 bits per heavy atom. The molecule has 0 spiro atoms. The van der Waals surface area contributed by atoms with Crippen LogP contribution < -0.4 is 10.6 Å². The van der Waals surface area contributed by atoms with E-state index >= 15 is 0 Å². The van der Waals surface area contributed by atoms with E-state index in [4.69, 9.17) is 27.9 Å². The zero-order valence-corrected chi connectivity index (χ0v) is 17.0. The number of benzene rings is 2. The van der Waals surface area contributed by atoms with Gasteiger partial charge in [-0.3, -0.25) is 14.4 Å². The highest BCUT2D eigenvalue weighted by molar-refractivity contribution is 6.36. The van der Waals surface area contributed by atoms with E-state index in [1.807, 2.05) is 26.0 Å². The van der Waals surface area contributed by atoms with Gasteiger partial charge in [0.05, 0.1) is 17.1 Å². The first-order valence-electron chi connectivity index (χ1n) is 8.52. The number of aryl methyl sites for hydroxylation is 2. The molecule has 28 heavy (non-hydrogen) atoms. The average Bonchev–Trinajstić information content (AvgIpc) is 2.63. The van der Waals surface area contributed by atoms with Crippen LogP contribution in [0.1, 0.15) is 24.0 Å². The molecule has 2 amide bonds. The predicted octanol–water partition coefficient (Wildman–Crippen LogP) is 4.51. The highest BCUT2D eigenvalue weighted by atomic mass is 35.5. The molecule has 0 aliphatic heterocycles. The lowest BCUT2D eigenvalue weighted by Crippen LogP contribution is -2.22. The van der Waals surface area contributed by atoms with Gasteiger partial charge < -0.3 is 15.4 Å². The molecule has 0 aromatic heterocycles. The Kier molecular flexibility index (Phi) is 7.84. The number of hydrogen-bond donors (Lipinski definition) is 2. The van der Waals surface area contributed by atoms with Crippen molar-refractivity contribution in [2.24, 2.45) is 0 Å². The van der Waals surface area contributed by atoms with Gasteiger partial charge in [0, 0.05) is 17.1 Å². The molecule has 2 N–H and O–H groups in total.